The van der Waals surface area contributed by atoms with Crippen LogP contribution in [0.25, 0.3) is 6.08 Å². The molecule has 0 aromatic heterocycles. The second-order valence-electron chi connectivity index (χ2n) is 5.82. The van der Waals surface area contributed by atoms with Gasteiger partial charge in [0.15, 0.2) is 0 Å². The highest BCUT2D eigenvalue weighted by Crippen LogP contribution is 2.18. The number of benzene rings is 1. The number of rotatable bonds is 3. The molecule has 0 aliphatic rings. The van der Waals surface area contributed by atoms with Crippen LogP contribution in [0.4, 0.5) is 0 Å². The SMILES string of the molecule is CN=Cc1cc(C)c(C=CC(=O)OC(C)(C)C)c(C)c1. The molecule has 3 nitrogen and oxygen atoms in total. The predicted molar refractivity (Wildman–Crippen MR) is 84.3 cm³/mol. The zero-order valence-corrected chi connectivity index (χ0v) is 13.2. The minimum absolute atomic E-state index is 0.324. The molecular formula is C17H23NO2. The monoisotopic (exact) mass is 273 g/mol. The van der Waals surface area contributed by atoms with E-state index in [1.165, 1.54) is 6.08 Å². The Balaban J connectivity index is 2.96. The van der Waals surface area contributed by atoms with E-state index in [0.29, 0.717) is 0 Å². The lowest BCUT2D eigenvalue weighted by atomic mass is 9.99. The Morgan fingerprint density at radius 3 is 2.20 bits per heavy atom. The first-order valence-electron chi connectivity index (χ1n) is 6.67. The van der Waals surface area contributed by atoms with Gasteiger partial charge in [-0.05, 0) is 75.1 Å². The van der Waals surface area contributed by atoms with Crippen molar-refractivity contribution >= 4 is 18.3 Å². The fourth-order valence-electron chi connectivity index (χ4n) is 1.98. The maximum absolute atomic E-state index is 11.7. The van der Waals surface area contributed by atoms with Crippen molar-refractivity contribution in [3.63, 3.8) is 0 Å². The topological polar surface area (TPSA) is 38.7 Å². The van der Waals surface area contributed by atoms with Crippen LogP contribution in [0, 0.1) is 13.8 Å². The molecule has 0 heterocycles. The molecule has 1 rings (SSSR count). The van der Waals surface area contributed by atoms with Gasteiger partial charge in [0.05, 0.1) is 0 Å². The smallest absolute Gasteiger partial charge is 0.331 e. The standard InChI is InChI=1S/C17H23NO2/c1-12-9-14(11-18-6)10-13(2)15(12)7-8-16(19)20-17(3,4)5/h7-11H,1-6H3. The molecular weight excluding hydrogens is 250 g/mol. The number of carbonyl (C=O) groups excluding carboxylic acids is 1. The molecule has 3 heteroatoms. The summed E-state index contributed by atoms with van der Waals surface area (Å²) in [6, 6.07) is 4.10. The van der Waals surface area contributed by atoms with E-state index in [9.17, 15) is 4.79 Å². The predicted octanol–water partition coefficient (Wildman–Crippen LogP) is 3.71. The Kier molecular flexibility index (Phi) is 5.26. The summed E-state index contributed by atoms with van der Waals surface area (Å²) in [5.41, 5.74) is 3.87. The number of ether oxygens (including phenoxy) is 1. The van der Waals surface area contributed by atoms with Crippen molar-refractivity contribution < 1.29 is 9.53 Å². The molecule has 0 fully saturated rings. The van der Waals surface area contributed by atoms with Crippen LogP contribution in [0.2, 0.25) is 0 Å². The fraction of sp³-hybridized carbons (Fsp3) is 0.412. The summed E-state index contributed by atoms with van der Waals surface area (Å²) < 4.78 is 5.25. The van der Waals surface area contributed by atoms with Gasteiger partial charge in [-0.2, -0.15) is 0 Å². The fourth-order valence-corrected chi connectivity index (χ4v) is 1.98. The summed E-state index contributed by atoms with van der Waals surface area (Å²) in [4.78, 5) is 15.7. The summed E-state index contributed by atoms with van der Waals surface area (Å²) in [5.74, 6) is -0.324. The highest BCUT2D eigenvalue weighted by Gasteiger charge is 2.14. The number of esters is 1. The van der Waals surface area contributed by atoms with Crippen LogP contribution in [0.1, 0.15) is 43.0 Å². The van der Waals surface area contributed by atoms with E-state index in [0.717, 1.165) is 22.3 Å². The maximum atomic E-state index is 11.7. The number of carbonyl (C=O) groups is 1. The Labute approximate surface area is 121 Å². The normalized spacial score (nSPS) is 12.3. The third-order valence-electron chi connectivity index (χ3n) is 2.69. The number of hydrogen-bond acceptors (Lipinski definition) is 3. The lowest BCUT2D eigenvalue weighted by molar-refractivity contribution is -0.148. The summed E-state index contributed by atoms with van der Waals surface area (Å²) >= 11 is 0. The molecule has 0 atom stereocenters. The Hall–Kier alpha value is -1.90. The lowest BCUT2D eigenvalue weighted by Gasteiger charge is -2.18. The second-order valence-corrected chi connectivity index (χ2v) is 5.82. The summed E-state index contributed by atoms with van der Waals surface area (Å²) in [7, 11) is 1.75. The van der Waals surface area contributed by atoms with Crippen LogP contribution in [0.15, 0.2) is 23.2 Å². The van der Waals surface area contributed by atoms with Crippen LogP contribution >= 0.6 is 0 Å². The quantitative estimate of drug-likeness (QED) is 0.478. The highest BCUT2D eigenvalue weighted by atomic mass is 16.6. The zero-order chi connectivity index (χ0) is 15.3. The van der Waals surface area contributed by atoms with Gasteiger partial charge in [-0.3, -0.25) is 4.99 Å². The molecule has 0 amide bonds. The van der Waals surface area contributed by atoms with Gasteiger partial charge in [-0.25, -0.2) is 4.79 Å². The number of aliphatic imine (C=N–C) groups is 1. The van der Waals surface area contributed by atoms with Crippen LogP contribution < -0.4 is 0 Å². The largest absolute Gasteiger partial charge is 0.457 e. The van der Waals surface area contributed by atoms with Gasteiger partial charge in [0.2, 0.25) is 0 Å². The molecule has 20 heavy (non-hydrogen) atoms. The lowest BCUT2D eigenvalue weighted by Crippen LogP contribution is -2.22. The first-order chi connectivity index (χ1) is 9.23. The molecule has 0 unspecified atom stereocenters. The van der Waals surface area contributed by atoms with Crippen molar-refractivity contribution in [1.82, 2.24) is 0 Å². The molecule has 0 aliphatic carbocycles. The van der Waals surface area contributed by atoms with Gasteiger partial charge >= 0.3 is 5.97 Å². The van der Waals surface area contributed by atoms with Gasteiger partial charge < -0.3 is 4.74 Å². The van der Waals surface area contributed by atoms with Crippen molar-refractivity contribution in [3.8, 4) is 0 Å². The Morgan fingerprint density at radius 1 is 1.20 bits per heavy atom. The van der Waals surface area contributed by atoms with Gasteiger partial charge in [-0.15, -0.1) is 0 Å². The molecule has 0 radical (unpaired) electrons. The number of aryl methyl sites for hydroxylation is 2. The van der Waals surface area contributed by atoms with E-state index in [1.54, 1.807) is 7.05 Å². The summed E-state index contributed by atoms with van der Waals surface area (Å²) in [6.07, 6.45) is 5.11. The minimum Gasteiger partial charge on any atom is -0.457 e. The molecule has 1 aromatic carbocycles. The van der Waals surface area contributed by atoms with Gasteiger partial charge in [-0.1, -0.05) is 0 Å². The zero-order valence-electron chi connectivity index (χ0n) is 13.2. The maximum Gasteiger partial charge on any atom is 0.331 e. The average Bonchev–Trinajstić information content (AvgIpc) is 2.25. The van der Waals surface area contributed by atoms with Gasteiger partial charge in [0.25, 0.3) is 0 Å². The Bertz CT molecular complexity index is 526. The van der Waals surface area contributed by atoms with Crippen molar-refractivity contribution in [2.24, 2.45) is 4.99 Å². The van der Waals surface area contributed by atoms with Gasteiger partial charge in [0, 0.05) is 19.3 Å². The molecule has 0 spiro atoms. The highest BCUT2D eigenvalue weighted by molar-refractivity contribution is 5.88. The third-order valence-corrected chi connectivity index (χ3v) is 2.69. The van der Waals surface area contributed by atoms with Crippen molar-refractivity contribution in [3.05, 3.63) is 40.5 Å². The molecule has 108 valence electrons. The number of hydrogen-bond donors (Lipinski definition) is 0. The average molecular weight is 273 g/mol. The first kappa shape index (κ1) is 16.2. The Morgan fingerprint density at radius 2 is 1.75 bits per heavy atom. The van der Waals surface area contributed by atoms with Crippen molar-refractivity contribution in [1.29, 1.82) is 0 Å². The van der Waals surface area contributed by atoms with Crippen LogP contribution in [0.3, 0.4) is 0 Å². The first-order valence-corrected chi connectivity index (χ1v) is 6.67. The van der Waals surface area contributed by atoms with E-state index < -0.39 is 5.60 Å². The van der Waals surface area contributed by atoms with E-state index in [2.05, 4.69) is 17.1 Å². The molecule has 0 saturated heterocycles. The van der Waals surface area contributed by atoms with E-state index >= 15 is 0 Å². The number of nitrogens with zero attached hydrogens (tertiary/aromatic N) is 1. The second kappa shape index (κ2) is 6.51. The molecule has 0 aliphatic heterocycles. The van der Waals surface area contributed by atoms with Crippen LogP contribution in [-0.4, -0.2) is 24.8 Å². The van der Waals surface area contributed by atoms with E-state index in [-0.39, 0.29) is 5.97 Å². The van der Waals surface area contributed by atoms with Crippen molar-refractivity contribution in [2.45, 2.75) is 40.2 Å². The molecule has 0 saturated carbocycles. The molecule has 0 N–H and O–H groups in total. The van der Waals surface area contributed by atoms with Gasteiger partial charge in [0.1, 0.15) is 5.60 Å². The van der Waals surface area contributed by atoms with E-state index in [1.807, 2.05) is 46.9 Å². The van der Waals surface area contributed by atoms with Crippen LogP contribution in [-0.2, 0) is 9.53 Å². The summed E-state index contributed by atoms with van der Waals surface area (Å²) in [5, 5.41) is 0. The third kappa shape index (κ3) is 5.00. The van der Waals surface area contributed by atoms with Crippen molar-refractivity contribution in [2.75, 3.05) is 7.05 Å². The summed E-state index contributed by atoms with van der Waals surface area (Å²) in [6.45, 7) is 9.61. The minimum atomic E-state index is -0.465. The van der Waals surface area contributed by atoms with E-state index in [4.69, 9.17) is 4.74 Å². The molecule has 0 bridgehead atoms. The van der Waals surface area contributed by atoms with Crippen LogP contribution in [0.5, 0.6) is 0 Å². The molecule has 1 aromatic rings.